The third-order valence-corrected chi connectivity index (χ3v) is 4.32. The predicted octanol–water partition coefficient (Wildman–Crippen LogP) is 4.58. The number of rotatable bonds is 7. The maximum atomic E-state index is 11.6. The van der Waals surface area contributed by atoms with Crippen LogP contribution < -0.4 is 10.4 Å². The topological polar surface area (TPSA) is 72.8 Å². The molecule has 2 aromatic heterocycles. The van der Waals surface area contributed by atoms with E-state index in [1.807, 2.05) is 32.1 Å². The van der Waals surface area contributed by atoms with Gasteiger partial charge in [0.2, 0.25) is 5.75 Å². The normalized spacial score (nSPS) is 13.3. The molecular formula is C21H22O5. The number of ether oxygens (including phenoxy) is 1. The van der Waals surface area contributed by atoms with Crippen molar-refractivity contribution in [2.75, 3.05) is 6.61 Å². The van der Waals surface area contributed by atoms with Crippen molar-refractivity contribution in [1.29, 1.82) is 0 Å². The molecule has 0 spiro atoms. The Morgan fingerprint density at radius 2 is 2.04 bits per heavy atom. The Bertz CT molecular complexity index is 1020. The molecule has 5 nitrogen and oxygen atoms in total. The summed E-state index contributed by atoms with van der Waals surface area (Å²) in [6, 6.07) is 6.83. The maximum Gasteiger partial charge on any atom is 0.336 e. The lowest BCUT2D eigenvalue weighted by atomic mass is 10.0. The fraction of sp³-hybridized carbons (Fsp3) is 0.286. The van der Waals surface area contributed by atoms with E-state index < -0.39 is 11.7 Å². The van der Waals surface area contributed by atoms with Crippen molar-refractivity contribution in [2.45, 2.75) is 32.8 Å². The molecule has 3 rings (SSSR count). The van der Waals surface area contributed by atoms with Crippen LogP contribution in [0.2, 0.25) is 0 Å². The van der Waals surface area contributed by atoms with Gasteiger partial charge in [0.25, 0.3) is 0 Å². The molecule has 0 amide bonds. The minimum absolute atomic E-state index is 0.308. The molecule has 1 atom stereocenters. The lowest BCUT2D eigenvalue weighted by molar-refractivity contribution is 0.201. The fourth-order valence-corrected chi connectivity index (χ4v) is 2.72. The molecule has 3 aromatic rings. The summed E-state index contributed by atoms with van der Waals surface area (Å²) in [6.07, 6.45) is 4.41. The van der Waals surface area contributed by atoms with Gasteiger partial charge in [-0.05, 0) is 51.0 Å². The fourth-order valence-electron chi connectivity index (χ4n) is 2.72. The van der Waals surface area contributed by atoms with Crippen molar-refractivity contribution in [3.8, 4) is 5.75 Å². The first kappa shape index (κ1) is 18.0. The van der Waals surface area contributed by atoms with E-state index in [9.17, 15) is 9.90 Å². The minimum atomic E-state index is -0.491. The SMILES string of the molecule is C=C(C)C(O)CC/C(C)=C/COc1c2occc2cc2ccc(=O)oc12. The van der Waals surface area contributed by atoms with E-state index in [0.717, 1.165) is 28.3 Å². The van der Waals surface area contributed by atoms with Crippen molar-refractivity contribution in [1.82, 2.24) is 0 Å². The molecule has 0 aliphatic rings. The number of aliphatic hydroxyl groups is 1. The van der Waals surface area contributed by atoms with Gasteiger partial charge in [0.15, 0.2) is 11.2 Å². The summed E-state index contributed by atoms with van der Waals surface area (Å²) in [5.74, 6) is 0.422. The van der Waals surface area contributed by atoms with Gasteiger partial charge in [-0.2, -0.15) is 0 Å². The lowest BCUT2D eigenvalue weighted by Crippen LogP contribution is -2.07. The molecule has 5 heteroatoms. The Morgan fingerprint density at radius 1 is 1.27 bits per heavy atom. The summed E-state index contributed by atoms with van der Waals surface area (Å²) in [7, 11) is 0. The summed E-state index contributed by atoms with van der Waals surface area (Å²) in [6.45, 7) is 7.86. The highest BCUT2D eigenvalue weighted by Crippen LogP contribution is 2.34. The van der Waals surface area contributed by atoms with Gasteiger partial charge in [0.1, 0.15) is 6.61 Å². The molecule has 1 unspecified atom stereocenters. The third kappa shape index (κ3) is 3.89. The average molecular weight is 354 g/mol. The van der Waals surface area contributed by atoms with E-state index >= 15 is 0 Å². The molecule has 1 aromatic carbocycles. The van der Waals surface area contributed by atoms with E-state index in [-0.39, 0.29) is 0 Å². The summed E-state index contributed by atoms with van der Waals surface area (Å²) in [5, 5.41) is 11.5. The van der Waals surface area contributed by atoms with Gasteiger partial charge >= 0.3 is 5.63 Å². The van der Waals surface area contributed by atoms with E-state index in [0.29, 0.717) is 29.9 Å². The van der Waals surface area contributed by atoms with Gasteiger partial charge in [-0.3, -0.25) is 0 Å². The quantitative estimate of drug-likeness (QED) is 0.496. The molecule has 0 bridgehead atoms. The van der Waals surface area contributed by atoms with Crippen LogP contribution in [-0.2, 0) is 0 Å². The van der Waals surface area contributed by atoms with Gasteiger partial charge in [-0.25, -0.2) is 4.79 Å². The maximum absolute atomic E-state index is 11.6. The highest BCUT2D eigenvalue weighted by Gasteiger charge is 2.14. The number of benzene rings is 1. The monoisotopic (exact) mass is 354 g/mol. The Hall–Kier alpha value is -2.79. The second-order valence-corrected chi connectivity index (χ2v) is 6.48. The van der Waals surface area contributed by atoms with E-state index in [4.69, 9.17) is 13.6 Å². The molecule has 1 N–H and O–H groups in total. The van der Waals surface area contributed by atoms with Crippen molar-refractivity contribution >= 4 is 21.9 Å². The summed E-state index contributed by atoms with van der Waals surface area (Å²) < 4.78 is 16.7. The van der Waals surface area contributed by atoms with Crippen molar-refractivity contribution < 1.29 is 18.7 Å². The minimum Gasteiger partial charge on any atom is -0.482 e. The standard InChI is InChI=1S/C21H22O5/c1-13(2)17(22)6-4-14(3)8-10-25-21-19-16(9-11-24-19)12-15-5-7-18(23)26-20(15)21/h5,7-9,11-12,17,22H,1,4,6,10H2,2-3H3/b14-8+. The van der Waals surface area contributed by atoms with Crippen LogP contribution >= 0.6 is 0 Å². The highest BCUT2D eigenvalue weighted by atomic mass is 16.5. The third-order valence-electron chi connectivity index (χ3n) is 4.32. The van der Waals surface area contributed by atoms with Gasteiger partial charge in [0.05, 0.1) is 12.4 Å². The highest BCUT2D eigenvalue weighted by molar-refractivity contribution is 5.99. The Kier molecular flexibility index (Phi) is 5.28. The van der Waals surface area contributed by atoms with Crippen molar-refractivity contribution in [2.24, 2.45) is 0 Å². The van der Waals surface area contributed by atoms with Gasteiger partial charge in [0, 0.05) is 16.8 Å². The largest absolute Gasteiger partial charge is 0.482 e. The predicted molar refractivity (Wildman–Crippen MR) is 102 cm³/mol. The smallest absolute Gasteiger partial charge is 0.336 e. The number of furan rings is 1. The van der Waals surface area contributed by atoms with Gasteiger partial charge in [-0.15, -0.1) is 0 Å². The molecule has 0 saturated heterocycles. The van der Waals surface area contributed by atoms with E-state index in [1.54, 1.807) is 12.3 Å². The van der Waals surface area contributed by atoms with Crippen LogP contribution in [0.15, 0.2) is 68.0 Å². The molecular weight excluding hydrogens is 332 g/mol. The van der Waals surface area contributed by atoms with Crippen LogP contribution in [0.3, 0.4) is 0 Å². The number of allylic oxidation sites excluding steroid dienone is 1. The average Bonchev–Trinajstić information content (AvgIpc) is 3.07. The first-order valence-corrected chi connectivity index (χ1v) is 8.51. The van der Waals surface area contributed by atoms with Crippen molar-refractivity contribution in [3.63, 3.8) is 0 Å². The summed E-state index contributed by atoms with van der Waals surface area (Å²) >= 11 is 0. The van der Waals surface area contributed by atoms with Gasteiger partial charge < -0.3 is 18.7 Å². The Labute approximate surface area is 151 Å². The molecule has 0 fully saturated rings. The van der Waals surface area contributed by atoms with Crippen molar-refractivity contribution in [3.05, 3.63) is 64.7 Å². The first-order chi connectivity index (χ1) is 12.5. The van der Waals surface area contributed by atoms with E-state index in [1.165, 1.54) is 6.07 Å². The second kappa shape index (κ2) is 7.62. The molecule has 2 heterocycles. The van der Waals surface area contributed by atoms with Crippen LogP contribution in [0.4, 0.5) is 0 Å². The number of aliphatic hydroxyl groups excluding tert-OH is 1. The second-order valence-electron chi connectivity index (χ2n) is 6.48. The number of hydrogen-bond donors (Lipinski definition) is 1. The molecule has 136 valence electrons. The van der Waals surface area contributed by atoms with Gasteiger partial charge in [-0.1, -0.05) is 17.7 Å². The van der Waals surface area contributed by atoms with Crippen LogP contribution in [0.5, 0.6) is 5.75 Å². The lowest BCUT2D eigenvalue weighted by Gasteiger charge is -2.10. The van der Waals surface area contributed by atoms with Crippen LogP contribution in [0.25, 0.3) is 21.9 Å². The first-order valence-electron chi connectivity index (χ1n) is 8.51. The van der Waals surface area contributed by atoms with Crippen LogP contribution in [-0.4, -0.2) is 17.8 Å². The number of fused-ring (bicyclic) bond motifs is 2. The van der Waals surface area contributed by atoms with E-state index in [2.05, 4.69) is 6.58 Å². The zero-order valence-corrected chi connectivity index (χ0v) is 15.0. The summed E-state index contributed by atoms with van der Waals surface area (Å²) in [5.41, 5.74) is 2.36. The molecule has 26 heavy (non-hydrogen) atoms. The summed E-state index contributed by atoms with van der Waals surface area (Å²) in [4.78, 5) is 11.6. The molecule has 0 radical (unpaired) electrons. The van der Waals surface area contributed by atoms with Crippen LogP contribution in [0, 0.1) is 0 Å². The molecule has 0 aliphatic heterocycles. The Morgan fingerprint density at radius 3 is 2.81 bits per heavy atom. The zero-order chi connectivity index (χ0) is 18.7. The number of hydrogen-bond acceptors (Lipinski definition) is 5. The molecule has 0 aliphatic carbocycles. The zero-order valence-electron chi connectivity index (χ0n) is 15.0. The molecule has 0 saturated carbocycles. The van der Waals surface area contributed by atoms with Crippen LogP contribution in [0.1, 0.15) is 26.7 Å². The Balaban J connectivity index is 1.80.